The fraction of sp³-hybridized carbons (Fsp3) is 0.0556. The maximum Gasteiger partial charge on any atom is 0.417 e. The predicted molar refractivity (Wildman–Crippen MR) is 79.8 cm³/mol. The molecule has 0 bridgehead atoms. The average molecular weight is 300 g/mol. The van der Waals surface area contributed by atoms with Gasteiger partial charge in [-0.2, -0.15) is 13.2 Å². The van der Waals surface area contributed by atoms with E-state index in [4.69, 9.17) is 0 Å². The number of rotatable bonds is 2. The van der Waals surface area contributed by atoms with Crippen LogP contribution in [0, 0.1) is 0 Å². The molecule has 0 heterocycles. The number of hydrogen-bond donors (Lipinski definition) is 0. The lowest BCUT2D eigenvalue weighted by Gasteiger charge is -2.14. The first-order chi connectivity index (χ1) is 10.5. The Kier molecular flexibility index (Phi) is 3.45. The monoisotopic (exact) mass is 300 g/mol. The molecule has 0 radical (unpaired) electrons. The molecule has 1 nitrogen and oxygen atoms in total. The number of benzene rings is 3. The highest BCUT2D eigenvalue weighted by molar-refractivity contribution is 5.89. The SMILES string of the molecule is O=Cc1ccc(C(F)(F)F)c(-c2ccc3ccccc3c2)c1. The van der Waals surface area contributed by atoms with Gasteiger partial charge in [-0.15, -0.1) is 0 Å². The molecule has 22 heavy (non-hydrogen) atoms. The Morgan fingerprint density at radius 3 is 2.23 bits per heavy atom. The standard InChI is InChI=1S/C18H11F3O/c19-18(20,21)17-8-5-12(11-22)9-16(17)15-7-6-13-3-1-2-4-14(13)10-15/h1-11H. The van der Waals surface area contributed by atoms with Gasteiger partial charge in [0.2, 0.25) is 0 Å². The lowest BCUT2D eigenvalue weighted by Crippen LogP contribution is -2.07. The Bertz CT molecular complexity index is 850. The first-order valence-corrected chi connectivity index (χ1v) is 6.64. The molecule has 0 aliphatic carbocycles. The summed E-state index contributed by atoms with van der Waals surface area (Å²) >= 11 is 0. The van der Waals surface area contributed by atoms with Crippen LogP contribution < -0.4 is 0 Å². The van der Waals surface area contributed by atoms with Crippen molar-refractivity contribution >= 4 is 17.1 Å². The van der Waals surface area contributed by atoms with E-state index in [9.17, 15) is 18.0 Å². The minimum absolute atomic E-state index is 0.0165. The third-order valence-corrected chi connectivity index (χ3v) is 3.55. The number of hydrogen-bond acceptors (Lipinski definition) is 1. The predicted octanol–water partition coefficient (Wildman–Crippen LogP) is 5.34. The van der Waals surface area contributed by atoms with E-state index in [1.807, 2.05) is 24.3 Å². The molecule has 3 aromatic rings. The summed E-state index contributed by atoms with van der Waals surface area (Å²) in [6, 6.07) is 16.0. The van der Waals surface area contributed by atoms with Gasteiger partial charge in [-0.05, 0) is 40.1 Å². The summed E-state index contributed by atoms with van der Waals surface area (Å²) in [5.74, 6) is 0. The molecule has 0 aromatic heterocycles. The summed E-state index contributed by atoms with van der Waals surface area (Å²) in [6.45, 7) is 0. The molecular weight excluding hydrogens is 289 g/mol. The van der Waals surface area contributed by atoms with Gasteiger partial charge in [0, 0.05) is 5.56 Å². The van der Waals surface area contributed by atoms with Crippen molar-refractivity contribution in [3.8, 4) is 11.1 Å². The Balaban J connectivity index is 2.25. The zero-order valence-corrected chi connectivity index (χ0v) is 11.4. The van der Waals surface area contributed by atoms with Crippen LogP contribution in [0.2, 0.25) is 0 Å². The fourth-order valence-corrected chi connectivity index (χ4v) is 2.48. The minimum atomic E-state index is -4.47. The molecule has 0 aliphatic rings. The van der Waals surface area contributed by atoms with Crippen molar-refractivity contribution in [1.29, 1.82) is 0 Å². The number of carbonyl (C=O) groups is 1. The number of carbonyl (C=O) groups excluding carboxylic acids is 1. The third-order valence-electron chi connectivity index (χ3n) is 3.55. The first-order valence-electron chi connectivity index (χ1n) is 6.64. The summed E-state index contributed by atoms with van der Waals surface area (Å²) in [5.41, 5.74) is -0.0675. The van der Waals surface area contributed by atoms with Crippen LogP contribution in [0.3, 0.4) is 0 Å². The van der Waals surface area contributed by atoms with E-state index in [0.29, 0.717) is 11.8 Å². The van der Waals surface area contributed by atoms with Crippen molar-refractivity contribution in [2.75, 3.05) is 0 Å². The van der Waals surface area contributed by atoms with Crippen molar-refractivity contribution < 1.29 is 18.0 Å². The van der Waals surface area contributed by atoms with E-state index in [2.05, 4.69) is 0 Å². The molecule has 0 saturated carbocycles. The van der Waals surface area contributed by atoms with Crippen LogP contribution >= 0.6 is 0 Å². The minimum Gasteiger partial charge on any atom is -0.298 e. The molecule has 0 unspecified atom stereocenters. The van der Waals surface area contributed by atoms with Gasteiger partial charge in [0.1, 0.15) is 6.29 Å². The quantitative estimate of drug-likeness (QED) is 0.584. The second kappa shape index (κ2) is 5.30. The average Bonchev–Trinajstić information content (AvgIpc) is 2.53. The summed E-state index contributed by atoms with van der Waals surface area (Å²) in [5, 5.41) is 1.80. The number of alkyl halides is 3. The molecule has 0 saturated heterocycles. The maximum absolute atomic E-state index is 13.2. The van der Waals surface area contributed by atoms with Gasteiger partial charge in [-0.3, -0.25) is 4.79 Å². The van der Waals surface area contributed by atoms with Crippen LogP contribution in [-0.2, 0) is 6.18 Å². The van der Waals surface area contributed by atoms with Crippen molar-refractivity contribution in [3.05, 3.63) is 71.8 Å². The second-order valence-corrected chi connectivity index (χ2v) is 4.98. The van der Waals surface area contributed by atoms with Crippen LogP contribution in [0.5, 0.6) is 0 Å². The zero-order valence-electron chi connectivity index (χ0n) is 11.4. The van der Waals surface area contributed by atoms with Crippen molar-refractivity contribution in [2.24, 2.45) is 0 Å². The van der Waals surface area contributed by atoms with Gasteiger partial charge >= 0.3 is 6.18 Å². The highest BCUT2D eigenvalue weighted by atomic mass is 19.4. The van der Waals surface area contributed by atoms with Crippen molar-refractivity contribution in [1.82, 2.24) is 0 Å². The highest BCUT2D eigenvalue weighted by Crippen LogP contribution is 2.38. The number of aldehydes is 1. The topological polar surface area (TPSA) is 17.1 Å². The van der Waals surface area contributed by atoms with Crippen LogP contribution in [0.1, 0.15) is 15.9 Å². The Hall–Kier alpha value is -2.62. The molecule has 0 fully saturated rings. The molecule has 110 valence electrons. The number of halogens is 3. The molecule has 0 N–H and O–H groups in total. The molecule has 0 amide bonds. The molecule has 0 spiro atoms. The summed E-state index contributed by atoms with van der Waals surface area (Å²) in [6.07, 6.45) is -3.92. The Morgan fingerprint density at radius 1 is 0.818 bits per heavy atom. The van der Waals surface area contributed by atoms with Gasteiger partial charge in [0.05, 0.1) is 5.56 Å². The molecule has 3 aromatic carbocycles. The second-order valence-electron chi connectivity index (χ2n) is 4.98. The van der Waals surface area contributed by atoms with Crippen LogP contribution in [-0.4, -0.2) is 6.29 Å². The molecule has 4 heteroatoms. The largest absolute Gasteiger partial charge is 0.417 e. The van der Waals surface area contributed by atoms with Gasteiger partial charge in [-0.1, -0.05) is 42.5 Å². The molecule has 0 aliphatic heterocycles. The van der Waals surface area contributed by atoms with Crippen molar-refractivity contribution in [3.63, 3.8) is 0 Å². The molecular formula is C18H11F3O. The van der Waals surface area contributed by atoms with E-state index < -0.39 is 11.7 Å². The lowest BCUT2D eigenvalue weighted by molar-refractivity contribution is -0.137. The van der Waals surface area contributed by atoms with Gasteiger partial charge in [-0.25, -0.2) is 0 Å². The zero-order chi connectivity index (χ0) is 15.7. The van der Waals surface area contributed by atoms with Gasteiger partial charge in [0.15, 0.2) is 0 Å². The lowest BCUT2D eigenvalue weighted by atomic mass is 9.95. The molecule has 0 atom stereocenters. The first kappa shape index (κ1) is 14.3. The van der Waals surface area contributed by atoms with E-state index in [0.717, 1.165) is 16.8 Å². The highest BCUT2D eigenvalue weighted by Gasteiger charge is 2.33. The van der Waals surface area contributed by atoms with E-state index in [-0.39, 0.29) is 11.1 Å². The maximum atomic E-state index is 13.2. The fourth-order valence-electron chi connectivity index (χ4n) is 2.48. The number of fused-ring (bicyclic) bond motifs is 1. The Labute approximate surface area is 125 Å². The third kappa shape index (κ3) is 2.60. The summed E-state index contributed by atoms with van der Waals surface area (Å²) in [4.78, 5) is 10.9. The van der Waals surface area contributed by atoms with E-state index in [1.165, 1.54) is 12.1 Å². The normalized spacial score (nSPS) is 11.6. The van der Waals surface area contributed by atoms with Crippen molar-refractivity contribution in [2.45, 2.75) is 6.18 Å². The van der Waals surface area contributed by atoms with E-state index in [1.54, 1.807) is 18.2 Å². The Morgan fingerprint density at radius 2 is 1.55 bits per heavy atom. The van der Waals surface area contributed by atoms with Crippen LogP contribution in [0.15, 0.2) is 60.7 Å². The van der Waals surface area contributed by atoms with Gasteiger partial charge in [0.25, 0.3) is 0 Å². The smallest absolute Gasteiger partial charge is 0.298 e. The summed E-state index contributed by atoms with van der Waals surface area (Å²) in [7, 11) is 0. The summed E-state index contributed by atoms with van der Waals surface area (Å²) < 4.78 is 39.6. The van der Waals surface area contributed by atoms with Crippen LogP contribution in [0.25, 0.3) is 21.9 Å². The van der Waals surface area contributed by atoms with Crippen LogP contribution in [0.4, 0.5) is 13.2 Å². The van der Waals surface area contributed by atoms with E-state index >= 15 is 0 Å². The molecule has 3 rings (SSSR count). The van der Waals surface area contributed by atoms with Gasteiger partial charge < -0.3 is 0 Å².